The van der Waals surface area contributed by atoms with Gasteiger partial charge in [0.05, 0.1) is 4.53 Å². The fraction of sp³-hybridized carbons (Fsp3) is 0.312. The maximum atomic E-state index is 12.2. The first-order valence-corrected chi connectivity index (χ1v) is 7.44. The average molecular weight is 302 g/mol. The third-order valence-corrected chi connectivity index (χ3v) is 4.15. The molecule has 2 rings (SSSR count). The van der Waals surface area contributed by atoms with Gasteiger partial charge in [0.1, 0.15) is 4.66 Å². The molecule has 4 nitrogen and oxygen atoms in total. The lowest BCUT2D eigenvalue weighted by Gasteiger charge is -2.12. The Morgan fingerprint density at radius 2 is 2.10 bits per heavy atom. The maximum Gasteiger partial charge on any atom is 0.268 e. The number of carbonyl (C=O) groups excluding carboxylic acids is 1. The second-order valence-corrected chi connectivity index (χ2v) is 6.92. The summed E-state index contributed by atoms with van der Waals surface area (Å²) < 4.78 is 2.77. The number of thiazole rings is 1. The zero-order chi connectivity index (χ0) is 15.6. The van der Waals surface area contributed by atoms with Gasteiger partial charge in [-0.25, -0.2) is 0 Å². The topological polar surface area (TPSA) is 52.0 Å². The minimum atomic E-state index is -0.451. The van der Waals surface area contributed by atoms with Crippen molar-refractivity contribution in [3.05, 3.63) is 49.6 Å². The largest absolute Gasteiger partial charge is 0.302 e. The second-order valence-electron chi connectivity index (χ2n) is 5.86. The van der Waals surface area contributed by atoms with Crippen molar-refractivity contribution in [2.75, 3.05) is 0 Å². The van der Waals surface area contributed by atoms with Crippen molar-refractivity contribution < 1.29 is 4.79 Å². The predicted molar refractivity (Wildman–Crippen MR) is 85.5 cm³/mol. The monoisotopic (exact) mass is 302 g/mol. The number of ketones is 1. The third-order valence-electron chi connectivity index (χ3n) is 3.04. The summed E-state index contributed by atoms with van der Waals surface area (Å²) in [5, 5.41) is 0. The average Bonchev–Trinajstić information content (AvgIpc) is 2.67. The molecule has 0 saturated carbocycles. The van der Waals surface area contributed by atoms with Gasteiger partial charge in [-0.15, -0.1) is 11.3 Å². The Morgan fingerprint density at radius 3 is 2.67 bits per heavy atom. The Hall–Kier alpha value is -2.01. The quantitative estimate of drug-likeness (QED) is 0.834. The third kappa shape index (κ3) is 3.55. The molecule has 0 unspecified atom stereocenters. The van der Waals surface area contributed by atoms with Gasteiger partial charge in [0, 0.05) is 30.9 Å². The van der Waals surface area contributed by atoms with Gasteiger partial charge in [-0.2, -0.15) is 0 Å². The van der Waals surface area contributed by atoms with Crippen LogP contribution in [0.1, 0.15) is 26.3 Å². The Labute approximate surface area is 127 Å². The van der Waals surface area contributed by atoms with Gasteiger partial charge in [-0.05, 0) is 17.7 Å². The first-order chi connectivity index (χ1) is 9.79. The number of rotatable bonds is 2. The van der Waals surface area contributed by atoms with E-state index < -0.39 is 5.41 Å². The van der Waals surface area contributed by atoms with Crippen molar-refractivity contribution in [2.45, 2.75) is 20.8 Å². The first-order valence-electron chi connectivity index (χ1n) is 6.63. The van der Waals surface area contributed by atoms with E-state index in [9.17, 15) is 9.59 Å². The number of hydrogen-bond donors (Lipinski definition) is 0. The summed E-state index contributed by atoms with van der Waals surface area (Å²) in [4.78, 5) is 28.3. The van der Waals surface area contributed by atoms with E-state index in [1.807, 2.05) is 32.9 Å². The van der Waals surface area contributed by atoms with Crippen LogP contribution in [0.4, 0.5) is 0 Å². The molecule has 5 heteroatoms. The molecule has 0 bridgehead atoms. The highest BCUT2D eigenvalue weighted by Gasteiger charge is 2.19. The molecule has 0 saturated heterocycles. The van der Waals surface area contributed by atoms with Crippen LogP contribution in [0.3, 0.4) is 0 Å². The SMILES string of the molecule is Cn1c(=O)/c(=C/c2cccnc2)s/c1=C\C(=O)C(C)(C)C. The van der Waals surface area contributed by atoms with Crippen LogP contribution in [0, 0.1) is 5.41 Å². The molecule has 2 heterocycles. The van der Waals surface area contributed by atoms with Crippen molar-refractivity contribution in [2.24, 2.45) is 12.5 Å². The van der Waals surface area contributed by atoms with Crippen LogP contribution in [-0.4, -0.2) is 15.3 Å². The number of hydrogen-bond acceptors (Lipinski definition) is 4. The summed E-state index contributed by atoms with van der Waals surface area (Å²) in [6.45, 7) is 5.58. The van der Waals surface area contributed by atoms with Crippen molar-refractivity contribution in [3.8, 4) is 0 Å². The van der Waals surface area contributed by atoms with Crippen LogP contribution in [0.25, 0.3) is 12.2 Å². The highest BCUT2D eigenvalue weighted by atomic mass is 32.1. The fourth-order valence-electron chi connectivity index (χ4n) is 1.65. The van der Waals surface area contributed by atoms with E-state index in [-0.39, 0.29) is 11.3 Å². The van der Waals surface area contributed by atoms with Crippen molar-refractivity contribution in [1.82, 2.24) is 9.55 Å². The summed E-state index contributed by atoms with van der Waals surface area (Å²) in [7, 11) is 1.68. The molecule has 0 radical (unpaired) electrons. The second kappa shape index (κ2) is 5.77. The van der Waals surface area contributed by atoms with Gasteiger partial charge >= 0.3 is 0 Å². The molecular formula is C16H18N2O2S. The van der Waals surface area contributed by atoms with Crippen LogP contribution < -0.4 is 14.8 Å². The molecule has 0 aliphatic carbocycles. The summed E-state index contributed by atoms with van der Waals surface area (Å²) in [5.74, 6) is 0.00674. The van der Waals surface area contributed by atoms with Crippen molar-refractivity contribution in [3.63, 3.8) is 0 Å². The van der Waals surface area contributed by atoms with E-state index in [1.54, 1.807) is 31.6 Å². The smallest absolute Gasteiger partial charge is 0.268 e. The van der Waals surface area contributed by atoms with Gasteiger partial charge in [-0.3, -0.25) is 14.6 Å². The highest BCUT2D eigenvalue weighted by Crippen LogP contribution is 2.14. The summed E-state index contributed by atoms with van der Waals surface area (Å²) in [6.07, 6.45) is 6.72. The molecule has 0 aliphatic rings. The summed E-state index contributed by atoms with van der Waals surface area (Å²) >= 11 is 1.32. The molecule has 21 heavy (non-hydrogen) atoms. The predicted octanol–water partition coefficient (Wildman–Crippen LogP) is 1.07. The van der Waals surface area contributed by atoms with E-state index in [1.165, 1.54) is 15.9 Å². The Bertz CT molecular complexity index is 824. The normalized spacial score (nSPS) is 13.7. The van der Waals surface area contributed by atoms with E-state index in [2.05, 4.69) is 4.98 Å². The van der Waals surface area contributed by atoms with Crippen LogP contribution in [0.2, 0.25) is 0 Å². The molecule has 0 aromatic carbocycles. The highest BCUT2D eigenvalue weighted by molar-refractivity contribution is 7.07. The van der Waals surface area contributed by atoms with E-state index in [0.717, 1.165) is 5.56 Å². The number of carbonyl (C=O) groups is 1. The van der Waals surface area contributed by atoms with Gasteiger partial charge in [0.25, 0.3) is 5.56 Å². The summed E-state index contributed by atoms with van der Waals surface area (Å²) in [6, 6.07) is 3.70. The number of pyridine rings is 1. The molecule has 0 N–H and O–H groups in total. The molecule has 0 atom stereocenters. The lowest BCUT2D eigenvalue weighted by Crippen LogP contribution is -2.30. The summed E-state index contributed by atoms with van der Waals surface area (Å²) in [5.41, 5.74) is 0.315. The molecule has 0 fully saturated rings. The van der Waals surface area contributed by atoms with Crippen LogP contribution in [-0.2, 0) is 11.8 Å². The molecule has 2 aromatic rings. The van der Waals surface area contributed by atoms with Crippen LogP contribution in [0.15, 0.2) is 29.3 Å². The van der Waals surface area contributed by atoms with Crippen molar-refractivity contribution >= 4 is 29.3 Å². The Kier molecular flexibility index (Phi) is 4.23. The number of Topliss-reactive ketones (excluding diaryl/α,β-unsaturated/α-hetero) is 1. The zero-order valence-corrected chi connectivity index (χ0v) is 13.4. The standard InChI is InChI=1S/C16H18N2O2S/c1-16(2,3)13(19)9-14-18(4)15(20)12(21-14)8-11-6-5-7-17-10-11/h5-10H,1-4H3/b12-8-,14-9-. The Balaban J connectivity index is 2.58. The lowest BCUT2D eigenvalue weighted by molar-refractivity contribution is -0.120. The molecular weight excluding hydrogens is 284 g/mol. The van der Waals surface area contributed by atoms with Gasteiger partial charge < -0.3 is 4.57 Å². The molecule has 0 amide bonds. The lowest BCUT2D eigenvalue weighted by atomic mass is 9.91. The Morgan fingerprint density at radius 1 is 1.38 bits per heavy atom. The van der Waals surface area contributed by atoms with E-state index in [0.29, 0.717) is 9.20 Å². The van der Waals surface area contributed by atoms with Crippen molar-refractivity contribution in [1.29, 1.82) is 0 Å². The van der Waals surface area contributed by atoms with E-state index in [4.69, 9.17) is 0 Å². The number of aromatic nitrogens is 2. The minimum absolute atomic E-state index is 0.00674. The van der Waals surface area contributed by atoms with Crippen LogP contribution in [0.5, 0.6) is 0 Å². The molecule has 0 aliphatic heterocycles. The molecule has 0 spiro atoms. The zero-order valence-electron chi connectivity index (χ0n) is 12.6. The van der Waals surface area contributed by atoms with Gasteiger partial charge in [-0.1, -0.05) is 26.8 Å². The minimum Gasteiger partial charge on any atom is -0.302 e. The molecule has 2 aromatic heterocycles. The first kappa shape index (κ1) is 15.4. The molecule has 110 valence electrons. The number of nitrogens with zero attached hydrogens (tertiary/aromatic N) is 2. The maximum absolute atomic E-state index is 12.2. The van der Waals surface area contributed by atoms with Crippen LogP contribution >= 0.6 is 11.3 Å². The fourth-order valence-corrected chi connectivity index (χ4v) is 2.68. The van der Waals surface area contributed by atoms with Gasteiger partial charge in [0.2, 0.25) is 0 Å². The van der Waals surface area contributed by atoms with Gasteiger partial charge in [0.15, 0.2) is 5.78 Å². The van der Waals surface area contributed by atoms with E-state index >= 15 is 0 Å².